The highest BCUT2D eigenvalue weighted by Gasteiger charge is 2.30. The Morgan fingerprint density at radius 1 is 0.883 bits per heavy atom. The van der Waals surface area contributed by atoms with Gasteiger partial charge in [0.05, 0.1) is 42.5 Å². The first kappa shape index (κ1) is 41.6. The smallest absolute Gasteiger partial charge is 0.234 e. The van der Waals surface area contributed by atoms with Gasteiger partial charge in [-0.2, -0.15) is 4.98 Å². The van der Waals surface area contributed by atoms with Crippen LogP contribution < -0.4 is 45.4 Å². The molecule has 3 fully saturated rings. The highest BCUT2D eigenvalue weighted by atomic mass is 35.5. The van der Waals surface area contributed by atoms with E-state index in [0.29, 0.717) is 77.4 Å². The van der Waals surface area contributed by atoms with Crippen LogP contribution >= 0.6 is 11.6 Å². The third-order valence-electron chi connectivity index (χ3n) is 12.0. The van der Waals surface area contributed by atoms with E-state index >= 15 is 0 Å². The van der Waals surface area contributed by atoms with Crippen molar-refractivity contribution in [1.82, 2.24) is 25.9 Å². The Morgan fingerprint density at radius 2 is 1.67 bits per heavy atom. The summed E-state index contributed by atoms with van der Waals surface area (Å²) in [5, 5.41) is 16.7. The largest absolute Gasteiger partial charge is 0.494 e. The number of hydrogen-bond acceptors (Lipinski definition) is 13. The summed E-state index contributed by atoms with van der Waals surface area (Å²) in [5.41, 5.74) is 6.09. The van der Waals surface area contributed by atoms with Gasteiger partial charge >= 0.3 is 0 Å². The van der Waals surface area contributed by atoms with Crippen LogP contribution in [0.1, 0.15) is 49.1 Å². The van der Waals surface area contributed by atoms with E-state index in [-0.39, 0.29) is 17.7 Å². The number of sulfonamides is 1. The summed E-state index contributed by atoms with van der Waals surface area (Å²) in [7, 11) is -1.81. The Labute approximate surface area is 356 Å². The Kier molecular flexibility index (Phi) is 12.6. The van der Waals surface area contributed by atoms with Crippen molar-refractivity contribution in [2.24, 2.45) is 5.92 Å². The number of carbonyl (C=O) groups is 2. The van der Waals surface area contributed by atoms with Crippen LogP contribution in [0.2, 0.25) is 5.02 Å². The number of fused-ring (bicyclic) bond motifs is 1. The summed E-state index contributed by atoms with van der Waals surface area (Å²) in [6, 6.07) is 20.4. The number of benzene rings is 3. The second-order valence-electron chi connectivity index (χ2n) is 16.0. The van der Waals surface area contributed by atoms with Gasteiger partial charge < -0.3 is 35.8 Å². The molecule has 17 heteroatoms. The molecule has 60 heavy (non-hydrogen) atoms. The van der Waals surface area contributed by atoms with Crippen molar-refractivity contribution in [3.63, 3.8) is 0 Å². The van der Waals surface area contributed by atoms with Gasteiger partial charge in [0.25, 0.3) is 0 Å². The van der Waals surface area contributed by atoms with E-state index < -0.39 is 10.0 Å². The minimum absolute atomic E-state index is 0.184. The summed E-state index contributed by atoms with van der Waals surface area (Å²) in [5.74, 6) is 1.28. The summed E-state index contributed by atoms with van der Waals surface area (Å²) in [6.45, 7) is 7.12. The molecule has 15 nitrogen and oxygen atoms in total. The average molecular weight is 857 g/mol. The van der Waals surface area contributed by atoms with Gasteiger partial charge in [0.15, 0.2) is 5.82 Å². The van der Waals surface area contributed by atoms with E-state index in [0.717, 1.165) is 81.9 Å². The molecule has 0 radical (unpaired) electrons. The van der Waals surface area contributed by atoms with E-state index in [1.807, 2.05) is 42.5 Å². The molecular formula is C43H53ClN10O5S. The summed E-state index contributed by atoms with van der Waals surface area (Å²) in [4.78, 5) is 37.6. The number of methoxy groups -OCH3 is 1. The SMILES string of the molecule is COc1cc(N2CCC(NCCNC[C@@H]3CCN(c4ccc(C5CCC(=O)NC5=O)cc4)C3)CC2)ccc1Nc1ncc(Cl)c(Nc2cccc3c2N(S(C)(=O)=O)CC3)n1. The number of nitrogens with zero attached hydrogens (tertiary/aromatic N) is 5. The van der Waals surface area contributed by atoms with Crippen molar-refractivity contribution < 1.29 is 22.7 Å². The molecule has 0 aliphatic carbocycles. The minimum atomic E-state index is -3.45. The van der Waals surface area contributed by atoms with Crippen LogP contribution in [0.5, 0.6) is 5.75 Å². The molecule has 5 N–H and O–H groups in total. The predicted molar refractivity (Wildman–Crippen MR) is 237 cm³/mol. The van der Waals surface area contributed by atoms with E-state index in [2.05, 4.69) is 64.6 Å². The molecule has 8 rings (SSSR count). The molecule has 2 amide bonds. The van der Waals surface area contributed by atoms with Crippen molar-refractivity contribution in [3.8, 4) is 5.75 Å². The molecule has 1 aromatic heterocycles. The number of carbonyl (C=O) groups excluding carboxylic acids is 2. The molecule has 5 heterocycles. The number of nitrogens with one attached hydrogen (secondary N) is 5. The molecule has 318 valence electrons. The fourth-order valence-electron chi connectivity index (χ4n) is 8.77. The van der Waals surface area contributed by atoms with Gasteiger partial charge in [-0.3, -0.25) is 19.2 Å². The molecule has 4 aliphatic heterocycles. The molecule has 4 aliphatic rings. The molecular weight excluding hydrogens is 804 g/mol. The molecule has 0 bridgehead atoms. The van der Waals surface area contributed by atoms with Crippen molar-refractivity contribution in [1.29, 1.82) is 0 Å². The summed E-state index contributed by atoms with van der Waals surface area (Å²) < 4.78 is 32.2. The third kappa shape index (κ3) is 9.57. The maximum absolute atomic E-state index is 12.5. The van der Waals surface area contributed by atoms with E-state index in [9.17, 15) is 18.0 Å². The van der Waals surface area contributed by atoms with Gasteiger partial charge in [0.1, 0.15) is 10.8 Å². The lowest BCUT2D eigenvalue weighted by Crippen LogP contribution is -2.44. The molecule has 0 saturated carbocycles. The van der Waals surface area contributed by atoms with Gasteiger partial charge in [-0.1, -0.05) is 35.9 Å². The maximum Gasteiger partial charge on any atom is 0.234 e. The van der Waals surface area contributed by atoms with Gasteiger partial charge in [-0.25, -0.2) is 13.4 Å². The zero-order valence-electron chi connectivity index (χ0n) is 34.0. The third-order valence-corrected chi connectivity index (χ3v) is 13.4. The maximum atomic E-state index is 12.5. The number of para-hydroxylation sites is 1. The van der Waals surface area contributed by atoms with Crippen molar-refractivity contribution in [2.45, 2.75) is 50.5 Å². The summed E-state index contributed by atoms with van der Waals surface area (Å²) >= 11 is 6.52. The first-order valence-corrected chi connectivity index (χ1v) is 23.0. The first-order valence-electron chi connectivity index (χ1n) is 20.7. The number of anilines is 7. The first-order chi connectivity index (χ1) is 29.0. The van der Waals surface area contributed by atoms with Crippen LogP contribution in [0.25, 0.3) is 0 Å². The standard InChI is InChI=1S/C43H53ClN10O5S/c1-59-38-24-33(10-12-36(38)49-43-47-26-35(44)41(51-43)48-37-5-3-4-30-15-23-54(40(30)37)60(2,57)58)52-21-16-31(17-22-52)46-19-18-45-25-28-14-20-53(27-28)32-8-6-29(7-9-32)34-11-13-39(55)50-42(34)56/h3-10,12,24,26,28,31,34,45-46H,11,13-23,25,27H2,1-2H3,(H,50,55,56)(H2,47,48,49,51)/t28-,34?/m0/s1. The average Bonchev–Trinajstić information content (AvgIpc) is 3.91. The fourth-order valence-corrected chi connectivity index (χ4v) is 9.88. The molecule has 2 atom stereocenters. The fraction of sp³-hybridized carbons (Fsp3) is 0.442. The topological polar surface area (TPSA) is 173 Å². The quantitative estimate of drug-likeness (QED) is 0.0787. The Morgan fingerprint density at radius 3 is 2.43 bits per heavy atom. The van der Waals surface area contributed by atoms with E-state index in [1.54, 1.807) is 7.11 Å². The Hall–Kier alpha value is -5.16. The Bertz CT molecular complexity index is 2310. The zero-order valence-corrected chi connectivity index (χ0v) is 35.6. The molecule has 0 spiro atoms. The highest BCUT2D eigenvalue weighted by Crippen LogP contribution is 2.40. The van der Waals surface area contributed by atoms with Crippen LogP contribution in [0.15, 0.2) is 66.9 Å². The highest BCUT2D eigenvalue weighted by molar-refractivity contribution is 7.92. The predicted octanol–water partition coefficient (Wildman–Crippen LogP) is 5.14. The summed E-state index contributed by atoms with van der Waals surface area (Å²) in [6.07, 6.45) is 7.54. The Balaban J connectivity index is 0.769. The number of aromatic nitrogens is 2. The zero-order chi connectivity index (χ0) is 41.8. The normalized spacial score (nSPS) is 19.7. The van der Waals surface area contributed by atoms with Crippen LogP contribution in [-0.2, 0) is 26.0 Å². The minimum Gasteiger partial charge on any atom is -0.494 e. The number of amides is 2. The van der Waals surface area contributed by atoms with E-state index in [1.165, 1.54) is 22.4 Å². The monoisotopic (exact) mass is 856 g/mol. The number of rotatable bonds is 15. The lowest BCUT2D eigenvalue weighted by Gasteiger charge is -2.34. The molecule has 3 saturated heterocycles. The van der Waals surface area contributed by atoms with Crippen LogP contribution in [0.4, 0.5) is 40.2 Å². The van der Waals surface area contributed by atoms with Gasteiger partial charge in [0, 0.05) is 75.7 Å². The van der Waals surface area contributed by atoms with Crippen molar-refractivity contribution in [2.75, 3.05) is 90.5 Å². The number of piperidine rings is 2. The van der Waals surface area contributed by atoms with Crippen LogP contribution in [0, 0.1) is 5.92 Å². The lowest BCUT2D eigenvalue weighted by molar-refractivity contribution is -0.134. The molecule has 3 aromatic carbocycles. The molecule has 4 aromatic rings. The number of halogens is 1. The van der Waals surface area contributed by atoms with Crippen molar-refractivity contribution >= 4 is 73.6 Å². The lowest BCUT2D eigenvalue weighted by atomic mass is 9.90. The number of ether oxygens (including phenoxy) is 1. The second kappa shape index (κ2) is 18.2. The van der Waals surface area contributed by atoms with Gasteiger partial charge in [-0.15, -0.1) is 0 Å². The number of imide groups is 1. The van der Waals surface area contributed by atoms with Gasteiger partial charge in [0.2, 0.25) is 27.8 Å². The van der Waals surface area contributed by atoms with Crippen LogP contribution in [0.3, 0.4) is 0 Å². The van der Waals surface area contributed by atoms with Gasteiger partial charge in [-0.05, 0) is 86.0 Å². The van der Waals surface area contributed by atoms with Crippen molar-refractivity contribution in [3.05, 3.63) is 83.0 Å². The number of hydrogen-bond donors (Lipinski definition) is 5. The van der Waals surface area contributed by atoms with Crippen LogP contribution in [-0.4, -0.2) is 102 Å². The second-order valence-corrected chi connectivity index (χ2v) is 18.4. The molecule has 1 unspecified atom stereocenters. The van der Waals surface area contributed by atoms with E-state index in [4.69, 9.17) is 16.3 Å².